The van der Waals surface area contributed by atoms with Crippen LogP contribution < -0.4 is 0 Å². The highest BCUT2D eigenvalue weighted by atomic mass is 15.3. The average molecular weight is 267 g/mol. The number of aryl methyl sites for hydroxylation is 1. The van der Waals surface area contributed by atoms with Crippen LogP contribution in [0.25, 0.3) is 11.3 Å². The van der Waals surface area contributed by atoms with Crippen LogP contribution in [0.5, 0.6) is 0 Å². The van der Waals surface area contributed by atoms with E-state index in [4.69, 9.17) is 10.1 Å². The molecule has 1 aromatic carbocycles. The quantitative estimate of drug-likeness (QED) is 0.659. The van der Waals surface area contributed by atoms with Crippen LogP contribution in [0.2, 0.25) is 0 Å². The summed E-state index contributed by atoms with van der Waals surface area (Å²) in [5.41, 5.74) is 6.00. The normalized spacial score (nSPS) is 15.6. The van der Waals surface area contributed by atoms with Gasteiger partial charge in [-0.3, -0.25) is 4.99 Å². The summed E-state index contributed by atoms with van der Waals surface area (Å²) in [4.78, 5) is 4.90. The van der Waals surface area contributed by atoms with Crippen molar-refractivity contribution in [3.8, 4) is 11.3 Å². The third kappa shape index (κ3) is 1.89. The standard InChI is InChI=1S/C17H21N3/c1-6-12-11(2)19-20-15(12)13-9-7-8-10-14(13)16(20)18-17(3,4)5/h7-10H,6H2,1-5H3. The summed E-state index contributed by atoms with van der Waals surface area (Å²) >= 11 is 0. The summed E-state index contributed by atoms with van der Waals surface area (Å²) < 4.78 is 2.03. The van der Waals surface area contributed by atoms with Crippen LogP contribution in [0.3, 0.4) is 0 Å². The molecule has 2 aromatic rings. The number of aromatic nitrogens is 2. The molecule has 0 amide bonds. The average Bonchev–Trinajstić information content (AvgIpc) is 2.84. The van der Waals surface area contributed by atoms with E-state index in [-0.39, 0.29) is 5.54 Å². The van der Waals surface area contributed by atoms with Crippen LogP contribution in [0.4, 0.5) is 0 Å². The van der Waals surface area contributed by atoms with Crippen molar-refractivity contribution in [3.63, 3.8) is 0 Å². The zero-order chi connectivity index (χ0) is 14.5. The van der Waals surface area contributed by atoms with Gasteiger partial charge in [0.25, 0.3) is 0 Å². The molecular formula is C17H21N3. The van der Waals surface area contributed by atoms with Gasteiger partial charge < -0.3 is 0 Å². The van der Waals surface area contributed by atoms with Crippen molar-refractivity contribution < 1.29 is 0 Å². The van der Waals surface area contributed by atoms with Crippen LogP contribution >= 0.6 is 0 Å². The summed E-state index contributed by atoms with van der Waals surface area (Å²) in [7, 11) is 0. The smallest absolute Gasteiger partial charge is 0.157 e. The summed E-state index contributed by atoms with van der Waals surface area (Å²) in [6.45, 7) is 10.6. The molecule has 0 unspecified atom stereocenters. The first-order valence-corrected chi connectivity index (χ1v) is 7.21. The van der Waals surface area contributed by atoms with Gasteiger partial charge in [-0.1, -0.05) is 31.2 Å². The van der Waals surface area contributed by atoms with E-state index in [1.54, 1.807) is 0 Å². The highest BCUT2D eigenvalue weighted by Gasteiger charge is 2.30. The molecule has 20 heavy (non-hydrogen) atoms. The van der Waals surface area contributed by atoms with Gasteiger partial charge in [0.05, 0.1) is 16.9 Å². The number of fused-ring (bicyclic) bond motifs is 3. The fraction of sp³-hybridized carbons (Fsp3) is 0.412. The fourth-order valence-corrected chi connectivity index (χ4v) is 2.84. The minimum absolute atomic E-state index is 0.115. The first-order chi connectivity index (χ1) is 9.42. The van der Waals surface area contributed by atoms with Gasteiger partial charge in [-0.05, 0) is 34.1 Å². The molecule has 3 heteroatoms. The summed E-state index contributed by atoms with van der Waals surface area (Å²) in [6.07, 6.45) is 0.998. The summed E-state index contributed by atoms with van der Waals surface area (Å²) in [5.74, 6) is 0.978. The van der Waals surface area contributed by atoms with E-state index in [1.807, 2.05) is 4.68 Å². The lowest BCUT2D eigenvalue weighted by molar-refractivity contribution is 0.580. The van der Waals surface area contributed by atoms with Crippen LogP contribution in [0.1, 0.15) is 44.5 Å². The first-order valence-electron chi connectivity index (χ1n) is 7.21. The molecule has 0 saturated heterocycles. The molecule has 0 aliphatic carbocycles. The van der Waals surface area contributed by atoms with Gasteiger partial charge >= 0.3 is 0 Å². The highest BCUT2D eigenvalue weighted by Crippen LogP contribution is 2.36. The Bertz CT molecular complexity index is 700. The van der Waals surface area contributed by atoms with Gasteiger partial charge in [0, 0.05) is 16.7 Å². The predicted molar refractivity (Wildman–Crippen MR) is 83.5 cm³/mol. The summed E-state index contributed by atoms with van der Waals surface area (Å²) in [5, 5.41) is 4.73. The van der Waals surface area contributed by atoms with Crippen molar-refractivity contribution in [2.24, 2.45) is 4.99 Å². The van der Waals surface area contributed by atoms with Gasteiger partial charge in [0.15, 0.2) is 5.84 Å². The molecule has 0 bridgehead atoms. The molecule has 3 nitrogen and oxygen atoms in total. The zero-order valence-corrected chi connectivity index (χ0v) is 12.9. The van der Waals surface area contributed by atoms with Crippen LogP contribution in [0.15, 0.2) is 29.3 Å². The minimum atomic E-state index is -0.115. The van der Waals surface area contributed by atoms with E-state index in [1.165, 1.54) is 22.4 Å². The molecule has 0 N–H and O–H groups in total. The van der Waals surface area contributed by atoms with Crippen LogP contribution in [-0.2, 0) is 6.42 Å². The Balaban J connectivity index is 2.34. The maximum Gasteiger partial charge on any atom is 0.157 e. The molecule has 0 radical (unpaired) electrons. The molecule has 0 atom stereocenters. The lowest BCUT2D eigenvalue weighted by atomic mass is 10.0. The van der Waals surface area contributed by atoms with E-state index in [2.05, 4.69) is 58.9 Å². The number of benzene rings is 1. The van der Waals surface area contributed by atoms with Gasteiger partial charge in [0.2, 0.25) is 0 Å². The van der Waals surface area contributed by atoms with Crippen molar-refractivity contribution in [1.82, 2.24) is 9.78 Å². The Kier molecular flexibility index (Phi) is 2.82. The molecule has 1 aliphatic heterocycles. The van der Waals surface area contributed by atoms with Crippen LogP contribution in [-0.4, -0.2) is 21.2 Å². The second kappa shape index (κ2) is 4.30. The minimum Gasteiger partial charge on any atom is -0.260 e. The molecule has 0 saturated carbocycles. The van der Waals surface area contributed by atoms with Crippen molar-refractivity contribution in [1.29, 1.82) is 0 Å². The van der Waals surface area contributed by atoms with Gasteiger partial charge in [0.1, 0.15) is 0 Å². The van der Waals surface area contributed by atoms with Crippen molar-refractivity contribution in [2.45, 2.75) is 46.6 Å². The zero-order valence-electron chi connectivity index (χ0n) is 12.9. The molecule has 1 aliphatic rings. The van der Waals surface area contributed by atoms with Gasteiger partial charge in [-0.15, -0.1) is 0 Å². The van der Waals surface area contributed by atoms with E-state index in [9.17, 15) is 0 Å². The number of hydrogen-bond donors (Lipinski definition) is 0. The number of rotatable bonds is 1. The Hall–Kier alpha value is -1.90. The van der Waals surface area contributed by atoms with Gasteiger partial charge in [-0.25, -0.2) is 4.68 Å². The second-order valence-corrected chi connectivity index (χ2v) is 6.33. The second-order valence-electron chi connectivity index (χ2n) is 6.33. The summed E-state index contributed by atoms with van der Waals surface area (Å²) in [6, 6.07) is 8.48. The fourth-order valence-electron chi connectivity index (χ4n) is 2.84. The molecule has 0 spiro atoms. The maximum absolute atomic E-state index is 4.90. The topological polar surface area (TPSA) is 30.2 Å². The Labute approximate surface area is 120 Å². The number of aliphatic imine (C=N–C) groups is 1. The molecule has 0 fully saturated rings. The molecule has 104 valence electrons. The highest BCUT2D eigenvalue weighted by molar-refractivity contribution is 6.12. The lowest BCUT2D eigenvalue weighted by Crippen LogP contribution is -2.19. The van der Waals surface area contributed by atoms with Crippen molar-refractivity contribution in [3.05, 3.63) is 41.1 Å². The third-order valence-corrected chi connectivity index (χ3v) is 3.60. The predicted octanol–water partition coefficient (Wildman–Crippen LogP) is 3.83. The monoisotopic (exact) mass is 267 g/mol. The number of hydrogen-bond acceptors (Lipinski definition) is 2. The van der Waals surface area contributed by atoms with E-state index in [0.29, 0.717) is 0 Å². The van der Waals surface area contributed by atoms with Crippen molar-refractivity contribution >= 4 is 5.84 Å². The van der Waals surface area contributed by atoms with E-state index < -0.39 is 0 Å². The van der Waals surface area contributed by atoms with E-state index >= 15 is 0 Å². The Morgan fingerprint density at radius 3 is 2.40 bits per heavy atom. The molecule has 3 rings (SSSR count). The van der Waals surface area contributed by atoms with E-state index in [0.717, 1.165) is 18.0 Å². The lowest BCUT2D eigenvalue weighted by Gasteiger charge is -2.14. The maximum atomic E-state index is 4.90. The van der Waals surface area contributed by atoms with Gasteiger partial charge in [-0.2, -0.15) is 5.10 Å². The Morgan fingerprint density at radius 1 is 1.15 bits per heavy atom. The largest absolute Gasteiger partial charge is 0.260 e. The first kappa shape index (κ1) is 13.1. The number of nitrogens with zero attached hydrogens (tertiary/aromatic N) is 3. The van der Waals surface area contributed by atoms with Crippen LogP contribution in [0, 0.1) is 6.92 Å². The SMILES string of the molecule is CCc1c(C)nn2c1-c1ccccc1C2=NC(C)(C)C. The third-order valence-electron chi connectivity index (χ3n) is 3.60. The molecule has 2 heterocycles. The van der Waals surface area contributed by atoms with Crippen molar-refractivity contribution in [2.75, 3.05) is 0 Å². The molecule has 1 aromatic heterocycles. The Morgan fingerprint density at radius 2 is 1.80 bits per heavy atom. The molecular weight excluding hydrogens is 246 g/mol.